The highest BCUT2D eigenvalue weighted by atomic mass is 16.5. The summed E-state index contributed by atoms with van der Waals surface area (Å²) in [6, 6.07) is 0. The Labute approximate surface area is 102 Å². The minimum atomic E-state index is -0.295. The van der Waals surface area contributed by atoms with E-state index >= 15 is 0 Å². The first-order valence-electron chi connectivity index (χ1n) is 6.17. The van der Waals surface area contributed by atoms with E-state index in [4.69, 9.17) is 0 Å². The van der Waals surface area contributed by atoms with Crippen LogP contribution in [-0.2, 0) is 14.3 Å². The summed E-state index contributed by atoms with van der Waals surface area (Å²) in [6.07, 6.45) is 2.65. The van der Waals surface area contributed by atoms with Crippen molar-refractivity contribution in [3.63, 3.8) is 0 Å². The van der Waals surface area contributed by atoms with Gasteiger partial charge in [0.25, 0.3) is 0 Å². The average molecular weight is 242 g/mol. The Bertz CT molecular complexity index is 268. The van der Waals surface area contributed by atoms with Crippen molar-refractivity contribution >= 4 is 11.9 Å². The van der Waals surface area contributed by atoms with Gasteiger partial charge < -0.3 is 10.1 Å². The number of methoxy groups -OCH3 is 1. The number of amides is 1. The number of esters is 1. The molecule has 0 spiro atoms. The van der Waals surface area contributed by atoms with Crippen LogP contribution in [0, 0.1) is 5.92 Å². The van der Waals surface area contributed by atoms with Gasteiger partial charge in [0.2, 0.25) is 5.91 Å². The fourth-order valence-corrected chi connectivity index (χ4v) is 2.10. The molecule has 0 aromatic heterocycles. The van der Waals surface area contributed by atoms with Crippen molar-refractivity contribution in [1.82, 2.24) is 10.2 Å². The van der Waals surface area contributed by atoms with Crippen LogP contribution in [0.15, 0.2) is 0 Å². The van der Waals surface area contributed by atoms with E-state index in [1.807, 2.05) is 0 Å². The van der Waals surface area contributed by atoms with Gasteiger partial charge in [-0.15, -0.1) is 0 Å². The first-order chi connectivity index (χ1) is 8.11. The van der Waals surface area contributed by atoms with Crippen molar-refractivity contribution in [1.29, 1.82) is 0 Å². The zero-order valence-corrected chi connectivity index (χ0v) is 10.7. The lowest BCUT2D eigenvalue weighted by Gasteiger charge is -2.30. The number of nitrogens with zero attached hydrogens (tertiary/aromatic N) is 1. The van der Waals surface area contributed by atoms with E-state index in [2.05, 4.69) is 21.9 Å². The van der Waals surface area contributed by atoms with Gasteiger partial charge in [-0.2, -0.15) is 0 Å². The first kappa shape index (κ1) is 14.0. The fourth-order valence-electron chi connectivity index (χ4n) is 2.10. The van der Waals surface area contributed by atoms with Crippen LogP contribution in [0.25, 0.3) is 0 Å². The van der Waals surface area contributed by atoms with Gasteiger partial charge in [-0.05, 0) is 25.3 Å². The molecule has 1 fully saturated rings. The normalized spacial score (nSPS) is 20.9. The maximum atomic E-state index is 11.6. The Morgan fingerprint density at radius 2 is 2.24 bits per heavy atom. The van der Waals surface area contributed by atoms with Crippen molar-refractivity contribution < 1.29 is 14.3 Å². The fraction of sp³-hybridized carbons (Fsp3) is 0.833. The minimum absolute atomic E-state index is 0.0111. The van der Waals surface area contributed by atoms with E-state index in [9.17, 15) is 9.59 Å². The number of carbonyl (C=O) groups is 2. The lowest BCUT2D eigenvalue weighted by Crippen LogP contribution is -2.42. The summed E-state index contributed by atoms with van der Waals surface area (Å²) in [4.78, 5) is 24.6. The maximum Gasteiger partial charge on any atom is 0.307 e. The van der Waals surface area contributed by atoms with Gasteiger partial charge >= 0.3 is 5.97 Å². The van der Waals surface area contributed by atoms with Crippen LogP contribution in [-0.4, -0.2) is 50.1 Å². The number of piperidine rings is 1. The van der Waals surface area contributed by atoms with E-state index in [1.165, 1.54) is 13.5 Å². The topological polar surface area (TPSA) is 58.6 Å². The number of hydrogen-bond donors (Lipinski definition) is 1. The summed E-state index contributed by atoms with van der Waals surface area (Å²) in [5, 5.41) is 2.73. The second kappa shape index (κ2) is 7.27. The molecule has 0 aromatic rings. The number of rotatable bonds is 5. The third-order valence-electron chi connectivity index (χ3n) is 2.99. The Balaban J connectivity index is 2.14. The SMILES string of the molecule is COC(=O)CCNC(=O)CN1CCCC(C)C1. The number of carbonyl (C=O) groups excluding carboxylic acids is 2. The van der Waals surface area contributed by atoms with Gasteiger partial charge in [-0.25, -0.2) is 0 Å². The molecule has 0 radical (unpaired) electrons. The molecule has 0 aliphatic carbocycles. The van der Waals surface area contributed by atoms with Crippen LogP contribution in [0.1, 0.15) is 26.2 Å². The summed E-state index contributed by atoms with van der Waals surface area (Å²) >= 11 is 0. The van der Waals surface area contributed by atoms with E-state index in [-0.39, 0.29) is 18.3 Å². The molecule has 0 saturated carbocycles. The van der Waals surface area contributed by atoms with Gasteiger partial charge in [0.15, 0.2) is 0 Å². The van der Waals surface area contributed by atoms with Crippen LogP contribution in [0.5, 0.6) is 0 Å². The molecular formula is C12H22N2O3. The molecule has 0 aromatic carbocycles. The van der Waals surface area contributed by atoms with Gasteiger partial charge in [-0.3, -0.25) is 14.5 Å². The highest BCUT2D eigenvalue weighted by Gasteiger charge is 2.18. The minimum Gasteiger partial charge on any atom is -0.469 e. The average Bonchev–Trinajstić information content (AvgIpc) is 2.28. The van der Waals surface area contributed by atoms with Crippen LogP contribution >= 0.6 is 0 Å². The second-order valence-electron chi connectivity index (χ2n) is 4.66. The molecule has 1 atom stereocenters. The first-order valence-corrected chi connectivity index (χ1v) is 6.17. The zero-order valence-electron chi connectivity index (χ0n) is 10.7. The van der Waals surface area contributed by atoms with E-state index in [1.54, 1.807) is 0 Å². The summed E-state index contributed by atoms with van der Waals surface area (Å²) in [5.41, 5.74) is 0. The molecule has 5 nitrogen and oxygen atoms in total. The number of hydrogen-bond acceptors (Lipinski definition) is 4. The molecule has 1 unspecified atom stereocenters. The van der Waals surface area contributed by atoms with Gasteiger partial charge in [0, 0.05) is 13.1 Å². The standard InChI is InChI=1S/C12H22N2O3/c1-10-4-3-7-14(8-10)9-11(15)13-6-5-12(16)17-2/h10H,3-9H2,1-2H3,(H,13,15). The quantitative estimate of drug-likeness (QED) is 0.709. The van der Waals surface area contributed by atoms with Crippen molar-refractivity contribution in [2.24, 2.45) is 5.92 Å². The van der Waals surface area contributed by atoms with Crippen molar-refractivity contribution in [3.05, 3.63) is 0 Å². The van der Waals surface area contributed by atoms with Crippen molar-refractivity contribution in [2.75, 3.05) is 33.3 Å². The number of nitrogens with one attached hydrogen (secondary N) is 1. The monoisotopic (exact) mass is 242 g/mol. The molecule has 1 aliphatic heterocycles. The Morgan fingerprint density at radius 1 is 1.47 bits per heavy atom. The second-order valence-corrected chi connectivity index (χ2v) is 4.66. The number of ether oxygens (including phenoxy) is 1. The Kier molecular flexibility index (Phi) is 5.97. The predicted molar refractivity (Wildman–Crippen MR) is 64.5 cm³/mol. The molecule has 0 bridgehead atoms. The number of likely N-dealkylation sites (tertiary alicyclic amines) is 1. The zero-order chi connectivity index (χ0) is 12.7. The van der Waals surface area contributed by atoms with Crippen molar-refractivity contribution in [2.45, 2.75) is 26.2 Å². The summed E-state index contributed by atoms with van der Waals surface area (Å²) in [6.45, 7) is 4.99. The smallest absolute Gasteiger partial charge is 0.307 e. The Hall–Kier alpha value is -1.10. The summed E-state index contributed by atoms with van der Waals surface area (Å²) in [5.74, 6) is 0.367. The van der Waals surface area contributed by atoms with Crippen LogP contribution in [0.2, 0.25) is 0 Å². The Morgan fingerprint density at radius 3 is 2.88 bits per heavy atom. The molecule has 1 saturated heterocycles. The van der Waals surface area contributed by atoms with Gasteiger partial charge in [0.1, 0.15) is 0 Å². The van der Waals surface area contributed by atoms with Crippen LogP contribution < -0.4 is 5.32 Å². The molecule has 17 heavy (non-hydrogen) atoms. The molecule has 1 heterocycles. The van der Waals surface area contributed by atoms with Crippen LogP contribution in [0.4, 0.5) is 0 Å². The van der Waals surface area contributed by atoms with Crippen LogP contribution in [0.3, 0.4) is 0 Å². The summed E-state index contributed by atoms with van der Waals surface area (Å²) in [7, 11) is 1.35. The molecule has 98 valence electrons. The highest BCUT2D eigenvalue weighted by molar-refractivity contribution is 5.78. The molecule has 1 amide bonds. The molecular weight excluding hydrogens is 220 g/mol. The molecule has 5 heteroatoms. The van der Waals surface area contributed by atoms with E-state index in [0.717, 1.165) is 19.5 Å². The van der Waals surface area contributed by atoms with E-state index in [0.29, 0.717) is 19.0 Å². The molecule has 1 rings (SSSR count). The lowest BCUT2D eigenvalue weighted by atomic mass is 10.0. The van der Waals surface area contributed by atoms with Gasteiger partial charge in [0.05, 0.1) is 20.1 Å². The third-order valence-corrected chi connectivity index (χ3v) is 2.99. The molecule has 1 N–H and O–H groups in total. The summed E-state index contributed by atoms with van der Waals surface area (Å²) < 4.78 is 4.50. The predicted octanol–water partition coefficient (Wildman–Crippen LogP) is 0.398. The maximum absolute atomic E-state index is 11.6. The van der Waals surface area contributed by atoms with Gasteiger partial charge in [-0.1, -0.05) is 6.92 Å². The highest BCUT2D eigenvalue weighted by Crippen LogP contribution is 2.14. The van der Waals surface area contributed by atoms with Crippen molar-refractivity contribution in [3.8, 4) is 0 Å². The lowest BCUT2D eigenvalue weighted by molar-refractivity contribution is -0.140. The largest absolute Gasteiger partial charge is 0.469 e. The molecule has 1 aliphatic rings. The van der Waals surface area contributed by atoms with E-state index < -0.39 is 0 Å². The third kappa shape index (κ3) is 5.68.